The number of carbonyl (C=O) groups excluding carboxylic acids is 2. The molecule has 1 N–H and O–H groups in total. The number of unbranched alkanes of at least 4 members (excludes halogenated alkanes) is 1. The van der Waals surface area contributed by atoms with Crippen molar-refractivity contribution in [2.45, 2.75) is 32.6 Å². The Hall–Kier alpha value is -0.850. The molecule has 0 aromatic rings. The Labute approximate surface area is 146 Å². The van der Waals surface area contributed by atoms with Gasteiger partial charge in [-0.15, -0.1) is 12.4 Å². The molecule has 1 aliphatic heterocycles. The van der Waals surface area contributed by atoms with Gasteiger partial charge in [0.1, 0.15) is 0 Å². The molecule has 0 atom stereocenters. The number of amides is 2. The lowest BCUT2D eigenvalue weighted by Gasteiger charge is -2.33. The SMILES string of the molecule is CCCCN(C)C(=O)C1CCN(C(=O)CNCCOC)CC1.Cl. The summed E-state index contributed by atoms with van der Waals surface area (Å²) in [6.45, 7) is 5.96. The first-order valence-corrected chi connectivity index (χ1v) is 8.32. The summed E-state index contributed by atoms with van der Waals surface area (Å²) in [5.41, 5.74) is 0. The van der Waals surface area contributed by atoms with Crippen LogP contribution in [-0.4, -0.2) is 75.1 Å². The van der Waals surface area contributed by atoms with Crippen molar-refractivity contribution in [3.05, 3.63) is 0 Å². The Kier molecular flexibility index (Phi) is 12.1. The first-order valence-electron chi connectivity index (χ1n) is 8.32. The summed E-state index contributed by atoms with van der Waals surface area (Å²) in [5, 5.41) is 3.07. The maximum absolute atomic E-state index is 12.3. The van der Waals surface area contributed by atoms with Crippen LogP contribution >= 0.6 is 12.4 Å². The van der Waals surface area contributed by atoms with E-state index in [9.17, 15) is 9.59 Å². The van der Waals surface area contributed by atoms with Crippen molar-refractivity contribution < 1.29 is 14.3 Å². The van der Waals surface area contributed by atoms with Crippen molar-refractivity contribution in [1.82, 2.24) is 15.1 Å². The van der Waals surface area contributed by atoms with Crippen molar-refractivity contribution in [2.24, 2.45) is 5.92 Å². The van der Waals surface area contributed by atoms with Gasteiger partial charge in [0.25, 0.3) is 0 Å². The molecule has 0 aromatic carbocycles. The first-order chi connectivity index (χ1) is 10.6. The highest BCUT2D eigenvalue weighted by molar-refractivity contribution is 5.85. The fourth-order valence-corrected chi connectivity index (χ4v) is 2.67. The van der Waals surface area contributed by atoms with Gasteiger partial charge in [0.2, 0.25) is 11.8 Å². The van der Waals surface area contributed by atoms with E-state index >= 15 is 0 Å². The lowest BCUT2D eigenvalue weighted by atomic mass is 9.95. The van der Waals surface area contributed by atoms with Crippen LogP contribution in [0, 0.1) is 5.92 Å². The van der Waals surface area contributed by atoms with Gasteiger partial charge in [0.15, 0.2) is 0 Å². The highest BCUT2D eigenvalue weighted by Gasteiger charge is 2.28. The highest BCUT2D eigenvalue weighted by Crippen LogP contribution is 2.19. The molecule has 0 spiro atoms. The van der Waals surface area contributed by atoms with Gasteiger partial charge in [-0.3, -0.25) is 9.59 Å². The molecule has 1 rings (SSSR count). The van der Waals surface area contributed by atoms with Crippen LogP contribution in [0.25, 0.3) is 0 Å². The average Bonchev–Trinajstić information content (AvgIpc) is 2.55. The molecule has 0 radical (unpaired) electrons. The number of carbonyl (C=O) groups is 2. The number of methoxy groups -OCH3 is 1. The van der Waals surface area contributed by atoms with E-state index in [2.05, 4.69) is 12.2 Å². The molecule has 1 saturated heterocycles. The number of hydrogen-bond acceptors (Lipinski definition) is 4. The van der Waals surface area contributed by atoms with E-state index in [0.29, 0.717) is 32.8 Å². The maximum atomic E-state index is 12.3. The van der Waals surface area contributed by atoms with Gasteiger partial charge >= 0.3 is 0 Å². The minimum absolute atomic E-state index is 0. The van der Waals surface area contributed by atoms with E-state index in [-0.39, 0.29) is 30.1 Å². The number of piperidine rings is 1. The van der Waals surface area contributed by atoms with E-state index in [1.54, 1.807) is 7.11 Å². The Balaban J connectivity index is 0.00000484. The largest absolute Gasteiger partial charge is 0.383 e. The molecule has 6 nitrogen and oxygen atoms in total. The Morgan fingerprint density at radius 3 is 2.52 bits per heavy atom. The molecule has 1 aliphatic rings. The summed E-state index contributed by atoms with van der Waals surface area (Å²) in [6.07, 6.45) is 3.70. The van der Waals surface area contributed by atoms with Crippen LogP contribution in [0.1, 0.15) is 32.6 Å². The molecule has 0 unspecified atom stereocenters. The predicted octanol–water partition coefficient (Wildman–Crippen LogP) is 1.14. The number of ether oxygens (including phenoxy) is 1. The zero-order valence-corrected chi connectivity index (χ0v) is 15.5. The van der Waals surface area contributed by atoms with Gasteiger partial charge in [-0.05, 0) is 19.3 Å². The van der Waals surface area contributed by atoms with Crippen molar-refractivity contribution in [1.29, 1.82) is 0 Å². The number of nitrogens with one attached hydrogen (secondary N) is 1. The third-order valence-corrected chi connectivity index (χ3v) is 4.18. The van der Waals surface area contributed by atoms with Crippen LogP contribution in [-0.2, 0) is 14.3 Å². The minimum atomic E-state index is 0. The molecule has 0 bridgehead atoms. The zero-order valence-electron chi connectivity index (χ0n) is 14.7. The highest BCUT2D eigenvalue weighted by atomic mass is 35.5. The molecule has 0 aromatic heterocycles. The summed E-state index contributed by atoms with van der Waals surface area (Å²) in [5.74, 6) is 0.424. The van der Waals surface area contributed by atoms with E-state index in [0.717, 1.165) is 32.2 Å². The smallest absolute Gasteiger partial charge is 0.236 e. The molecule has 0 aliphatic carbocycles. The Morgan fingerprint density at radius 1 is 1.30 bits per heavy atom. The number of nitrogens with zero attached hydrogens (tertiary/aromatic N) is 2. The second-order valence-electron chi connectivity index (χ2n) is 5.94. The van der Waals surface area contributed by atoms with Crippen LogP contribution in [0.4, 0.5) is 0 Å². The molecular formula is C16H32ClN3O3. The van der Waals surface area contributed by atoms with E-state index in [1.165, 1.54) is 0 Å². The summed E-state index contributed by atoms with van der Waals surface area (Å²) >= 11 is 0. The van der Waals surface area contributed by atoms with Crippen molar-refractivity contribution in [3.63, 3.8) is 0 Å². The van der Waals surface area contributed by atoms with Crippen LogP contribution in [0.5, 0.6) is 0 Å². The molecular weight excluding hydrogens is 318 g/mol. The van der Waals surface area contributed by atoms with Crippen molar-refractivity contribution in [3.8, 4) is 0 Å². The van der Waals surface area contributed by atoms with E-state index in [4.69, 9.17) is 4.74 Å². The van der Waals surface area contributed by atoms with Crippen molar-refractivity contribution >= 4 is 24.2 Å². The summed E-state index contributed by atoms with van der Waals surface area (Å²) in [6, 6.07) is 0. The second kappa shape index (κ2) is 12.6. The maximum Gasteiger partial charge on any atom is 0.236 e. The molecule has 136 valence electrons. The fraction of sp³-hybridized carbons (Fsp3) is 0.875. The first kappa shape index (κ1) is 22.1. The van der Waals surface area contributed by atoms with Gasteiger partial charge < -0.3 is 19.9 Å². The summed E-state index contributed by atoms with van der Waals surface area (Å²) in [4.78, 5) is 28.1. The Morgan fingerprint density at radius 2 is 1.96 bits per heavy atom. The quantitative estimate of drug-likeness (QED) is 0.634. The van der Waals surface area contributed by atoms with Gasteiger partial charge in [-0.1, -0.05) is 13.3 Å². The predicted molar refractivity (Wildman–Crippen MR) is 93.8 cm³/mol. The second-order valence-corrected chi connectivity index (χ2v) is 5.94. The average molecular weight is 350 g/mol. The molecule has 1 heterocycles. The molecule has 0 saturated carbocycles. The minimum Gasteiger partial charge on any atom is -0.383 e. The fourth-order valence-electron chi connectivity index (χ4n) is 2.67. The molecule has 1 fully saturated rings. The van der Waals surface area contributed by atoms with E-state index in [1.807, 2.05) is 16.8 Å². The third kappa shape index (κ3) is 7.99. The van der Waals surface area contributed by atoms with Gasteiger partial charge in [-0.25, -0.2) is 0 Å². The van der Waals surface area contributed by atoms with Crippen LogP contribution in [0.15, 0.2) is 0 Å². The van der Waals surface area contributed by atoms with E-state index < -0.39 is 0 Å². The lowest BCUT2D eigenvalue weighted by Crippen LogP contribution is -2.46. The number of rotatable bonds is 9. The third-order valence-electron chi connectivity index (χ3n) is 4.18. The topological polar surface area (TPSA) is 61.9 Å². The standard InChI is InChI=1S/C16H31N3O3.ClH/c1-4-5-9-18(2)16(21)14-6-10-19(11-7-14)15(20)13-17-8-12-22-3;/h14,17H,4-13H2,1-3H3;1H. The summed E-state index contributed by atoms with van der Waals surface area (Å²) in [7, 11) is 3.53. The molecule has 23 heavy (non-hydrogen) atoms. The van der Waals surface area contributed by atoms with Gasteiger partial charge in [0, 0.05) is 46.3 Å². The number of halogens is 1. The van der Waals surface area contributed by atoms with Gasteiger partial charge in [-0.2, -0.15) is 0 Å². The van der Waals surface area contributed by atoms with Crippen molar-refractivity contribution in [2.75, 3.05) is 53.5 Å². The van der Waals surface area contributed by atoms with Crippen LogP contribution in [0.2, 0.25) is 0 Å². The monoisotopic (exact) mass is 349 g/mol. The zero-order chi connectivity index (χ0) is 16.4. The Bertz CT molecular complexity index is 347. The number of likely N-dealkylation sites (tertiary alicyclic amines) is 1. The van der Waals surface area contributed by atoms with Crippen LogP contribution in [0.3, 0.4) is 0 Å². The number of hydrogen-bond donors (Lipinski definition) is 1. The molecule has 7 heteroatoms. The van der Waals surface area contributed by atoms with Gasteiger partial charge in [0.05, 0.1) is 13.2 Å². The normalized spacial score (nSPS) is 15.2. The van der Waals surface area contributed by atoms with Crippen LogP contribution < -0.4 is 5.32 Å². The molecule has 2 amide bonds. The lowest BCUT2D eigenvalue weighted by molar-refractivity contribution is -0.139. The summed E-state index contributed by atoms with van der Waals surface area (Å²) < 4.78 is 4.93.